The minimum atomic E-state index is -1.00. The summed E-state index contributed by atoms with van der Waals surface area (Å²) >= 11 is 0. The van der Waals surface area contributed by atoms with Crippen LogP contribution in [0.15, 0.2) is 5.11 Å². The van der Waals surface area contributed by atoms with Crippen LogP contribution < -0.4 is 5.73 Å². The normalized spacial score (nSPS) is 14.9. The molecule has 0 saturated heterocycles. The number of nitrogens with zero attached hydrogens (tertiary/aromatic N) is 1. The summed E-state index contributed by atoms with van der Waals surface area (Å²) in [7, 11) is 3.03. The van der Waals surface area contributed by atoms with Gasteiger partial charge in [0, 0.05) is 5.25 Å². The van der Waals surface area contributed by atoms with Crippen molar-refractivity contribution >= 4 is 27.6 Å². The van der Waals surface area contributed by atoms with Gasteiger partial charge in [-0.3, -0.25) is 4.79 Å². The predicted octanol–water partition coefficient (Wildman–Crippen LogP) is 1.20. The van der Waals surface area contributed by atoms with Crippen LogP contribution in [0, 0.1) is 5.53 Å². The van der Waals surface area contributed by atoms with Crippen LogP contribution in [0.4, 0.5) is 0 Å². The first kappa shape index (κ1) is 12.7. The lowest BCUT2D eigenvalue weighted by molar-refractivity contribution is -0.138. The Morgan fingerprint density at radius 1 is 1.77 bits per heavy atom. The van der Waals surface area contributed by atoms with Crippen molar-refractivity contribution < 1.29 is 9.90 Å². The van der Waals surface area contributed by atoms with Crippen LogP contribution in [0.1, 0.15) is 6.42 Å². The minimum absolute atomic E-state index is 0.0126. The van der Waals surface area contributed by atoms with E-state index in [4.69, 9.17) is 16.4 Å². The highest BCUT2D eigenvalue weighted by Crippen LogP contribution is 2.26. The number of nitrogens with one attached hydrogen (secondary N) is 1. The van der Waals surface area contributed by atoms with Gasteiger partial charge in [-0.2, -0.15) is 5.11 Å². The Labute approximate surface area is 84.7 Å². The molecule has 0 aliphatic rings. The first-order valence-corrected chi connectivity index (χ1v) is 6.25. The van der Waals surface area contributed by atoms with Gasteiger partial charge in [0.05, 0.1) is 6.54 Å². The highest BCUT2D eigenvalue weighted by Gasteiger charge is 2.18. The van der Waals surface area contributed by atoms with Crippen LogP contribution in [0.3, 0.4) is 0 Å². The molecule has 0 spiro atoms. The standard InChI is InChI=1S/C6H13N3O2S2/c1-12-13-4(3-9-8)2-5(7)6(10)11/h4-5,8H,2-3,7H2,1H3,(H,10,11)/t4?,5-/m0/s1. The van der Waals surface area contributed by atoms with E-state index in [1.54, 1.807) is 0 Å². The van der Waals surface area contributed by atoms with Crippen molar-refractivity contribution in [3.63, 3.8) is 0 Å². The Morgan fingerprint density at radius 3 is 2.77 bits per heavy atom. The van der Waals surface area contributed by atoms with Crippen LogP contribution in [-0.4, -0.2) is 35.2 Å². The molecule has 7 heteroatoms. The zero-order valence-corrected chi connectivity index (χ0v) is 8.90. The average molecular weight is 223 g/mol. The van der Waals surface area contributed by atoms with Gasteiger partial charge in [0.2, 0.25) is 0 Å². The van der Waals surface area contributed by atoms with Gasteiger partial charge in [-0.05, 0) is 12.7 Å². The third-order valence-electron chi connectivity index (χ3n) is 1.36. The van der Waals surface area contributed by atoms with Gasteiger partial charge in [-0.25, -0.2) is 5.53 Å². The van der Waals surface area contributed by atoms with Crippen molar-refractivity contribution in [3.8, 4) is 0 Å². The summed E-state index contributed by atoms with van der Waals surface area (Å²) in [5, 5.41) is 11.8. The van der Waals surface area contributed by atoms with E-state index < -0.39 is 12.0 Å². The quantitative estimate of drug-likeness (QED) is 0.445. The van der Waals surface area contributed by atoms with Crippen molar-refractivity contribution in [2.45, 2.75) is 17.7 Å². The number of carbonyl (C=O) groups is 1. The third-order valence-corrected chi connectivity index (χ3v) is 3.56. The van der Waals surface area contributed by atoms with E-state index in [0.29, 0.717) is 13.0 Å². The van der Waals surface area contributed by atoms with Crippen molar-refractivity contribution in [1.82, 2.24) is 0 Å². The number of carboxylic acid groups (broad SMARTS) is 1. The molecule has 13 heavy (non-hydrogen) atoms. The van der Waals surface area contributed by atoms with Crippen LogP contribution >= 0.6 is 21.6 Å². The molecule has 0 rings (SSSR count). The topological polar surface area (TPSA) is 99.5 Å². The Balaban J connectivity index is 3.92. The van der Waals surface area contributed by atoms with E-state index in [1.807, 2.05) is 6.26 Å². The number of hydrogen-bond acceptors (Lipinski definition) is 6. The molecule has 0 radical (unpaired) electrons. The monoisotopic (exact) mass is 223 g/mol. The van der Waals surface area contributed by atoms with Gasteiger partial charge in [0.25, 0.3) is 0 Å². The summed E-state index contributed by atoms with van der Waals surface area (Å²) < 4.78 is 0. The molecule has 0 aromatic heterocycles. The molecule has 0 saturated carbocycles. The fourth-order valence-corrected chi connectivity index (χ4v) is 2.69. The predicted molar refractivity (Wildman–Crippen MR) is 55.1 cm³/mol. The first-order chi connectivity index (χ1) is 6.11. The molecule has 0 amide bonds. The lowest BCUT2D eigenvalue weighted by Gasteiger charge is -2.14. The van der Waals surface area contributed by atoms with Gasteiger partial charge < -0.3 is 10.8 Å². The average Bonchev–Trinajstić information content (AvgIpc) is 2.05. The lowest BCUT2D eigenvalue weighted by Crippen LogP contribution is -2.33. The van der Waals surface area contributed by atoms with Gasteiger partial charge in [-0.15, -0.1) is 0 Å². The van der Waals surface area contributed by atoms with Crippen LogP contribution in [-0.2, 0) is 4.79 Å². The molecule has 0 aromatic carbocycles. The maximum atomic E-state index is 10.4. The lowest BCUT2D eigenvalue weighted by atomic mass is 10.2. The summed E-state index contributed by atoms with van der Waals surface area (Å²) in [6.45, 7) is 0.326. The summed E-state index contributed by atoms with van der Waals surface area (Å²) in [5.74, 6) is -1.00. The van der Waals surface area contributed by atoms with Crippen molar-refractivity contribution in [2.24, 2.45) is 10.8 Å². The first-order valence-electron chi connectivity index (χ1n) is 3.62. The second-order valence-electron chi connectivity index (χ2n) is 2.41. The largest absolute Gasteiger partial charge is 0.480 e. The van der Waals surface area contributed by atoms with E-state index in [1.165, 1.54) is 21.6 Å². The van der Waals surface area contributed by atoms with Crippen LogP contribution in [0.25, 0.3) is 0 Å². The molecule has 0 fully saturated rings. The van der Waals surface area contributed by atoms with Gasteiger partial charge in [0.15, 0.2) is 0 Å². The second-order valence-corrected chi connectivity index (χ2v) is 5.18. The zero-order chi connectivity index (χ0) is 10.3. The van der Waals surface area contributed by atoms with Gasteiger partial charge in [-0.1, -0.05) is 21.6 Å². The van der Waals surface area contributed by atoms with Gasteiger partial charge in [0.1, 0.15) is 6.04 Å². The van der Waals surface area contributed by atoms with E-state index in [-0.39, 0.29) is 5.25 Å². The highest BCUT2D eigenvalue weighted by molar-refractivity contribution is 8.76. The molecule has 4 N–H and O–H groups in total. The molecule has 0 heterocycles. The Bertz CT molecular complexity index is 179. The van der Waals surface area contributed by atoms with Crippen LogP contribution in [0.2, 0.25) is 0 Å². The van der Waals surface area contributed by atoms with Crippen molar-refractivity contribution in [2.75, 3.05) is 12.8 Å². The SMILES string of the molecule is CSSC(CN=N)C[C@H](N)C(=O)O. The fourth-order valence-electron chi connectivity index (χ4n) is 0.766. The van der Waals surface area contributed by atoms with Crippen molar-refractivity contribution in [3.05, 3.63) is 0 Å². The molecule has 5 nitrogen and oxygen atoms in total. The molecule has 0 bridgehead atoms. The molecule has 0 aromatic rings. The van der Waals surface area contributed by atoms with E-state index >= 15 is 0 Å². The molecule has 2 atom stereocenters. The smallest absolute Gasteiger partial charge is 0.320 e. The van der Waals surface area contributed by atoms with E-state index in [9.17, 15) is 4.79 Å². The Hall–Kier alpha value is -0.270. The number of hydrogen-bond donors (Lipinski definition) is 3. The maximum absolute atomic E-state index is 10.4. The Kier molecular flexibility index (Phi) is 7.02. The summed E-state index contributed by atoms with van der Waals surface area (Å²) in [6, 6.07) is -0.855. The minimum Gasteiger partial charge on any atom is -0.480 e. The number of nitrogens with two attached hydrogens (primary N) is 1. The number of aliphatic carboxylic acids is 1. The maximum Gasteiger partial charge on any atom is 0.320 e. The zero-order valence-electron chi connectivity index (χ0n) is 7.27. The number of carboxylic acids is 1. The molecule has 0 aliphatic heterocycles. The van der Waals surface area contributed by atoms with Crippen molar-refractivity contribution in [1.29, 1.82) is 5.53 Å². The van der Waals surface area contributed by atoms with E-state index in [0.717, 1.165) is 0 Å². The molecule has 76 valence electrons. The molecular weight excluding hydrogens is 210 g/mol. The fraction of sp³-hybridized carbons (Fsp3) is 0.833. The van der Waals surface area contributed by atoms with E-state index in [2.05, 4.69) is 5.11 Å². The summed E-state index contributed by atoms with van der Waals surface area (Å²) in [6.07, 6.45) is 2.25. The molecular formula is C6H13N3O2S2. The number of rotatable bonds is 7. The van der Waals surface area contributed by atoms with Crippen LogP contribution in [0.5, 0.6) is 0 Å². The molecule has 1 unspecified atom stereocenters. The Morgan fingerprint density at radius 2 is 2.38 bits per heavy atom. The highest BCUT2D eigenvalue weighted by atomic mass is 33.1. The third kappa shape index (κ3) is 5.89. The van der Waals surface area contributed by atoms with Gasteiger partial charge >= 0.3 is 5.97 Å². The second kappa shape index (κ2) is 7.16. The summed E-state index contributed by atoms with van der Waals surface area (Å²) in [5.41, 5.74) is 12.0. The summed E-state index contributed by atoms with van der Waals surface area (Å²) in [4.78, 5) is 10.4. The molecule has 0 aliphatic carbocycles.